The van der Waals surface area contributed by atoms with E-state index < -0.39 is 0 Å². The summed E-state index contributed by atoms with van der Waals surface area (Å²) >= 11 is 7.03. The van der Waals surface area contributed by atoms with Crippen molar-refractivity contribution >= 4 is 31.9 Å². The number of nitrogens with one attached hydrogen (secondary N) is 1. The van der Waals surface area contributed by atoms with Crippen molar-refractivity contribution in [3.8, 4) is 0 Å². The van der Waals surface area contributed by atoms with Crippen molar-refractivity contribution in [2.24, 2.45) is 0 Å². The highest BCUT2D eigenvalue weighted by Gasteiger charge is 2.08. The highest BCUT2D eigenvalue weighted by molar-refractivity contribution is 9.13. The summed E-state index contributed by atoms with van der Waals surface area (Å²) in [6, 6.07) is 17.4. The first kappa shape index (κ1) is 14.8. The Hall–Kier alpha value is -0.640. The maximum atomic E-state index is 3.61. The first-order valence-corrected chi connectivity index (χ1v) is 8.01. The van der Waals surface area contributed by atoms with E-state index in [9.17, 15) is 0 Å². The average Bonchev–Trinajstić information content (AvgIpc) is 2.44. The molecular formula is C16H17Br2N. The summed E-state index contributed by atoms with van der Waals surface area (Å²) in [5.41, 5.74) is 2.63. The van der Waals surface area contributed by atoms with Crippen LogP contribution in [0.2, 0.25) is 0 Å². The maximum Gasteiger partial charge on any atom is 0.0320 e. The van der Waals surface area contributed by atoms with Gasteiger partial charge in [-0.3, -0.25) is 0 Å². The molecule has 19 heavy (non-hydrogen) atoms. The predicted molar refractivity (Wildman–Crippen MR) is 88.2 cm³/mol. The van der Waals surface area contributed by atoms with E-state index in [-0.39, 0.29) is 0 Å². The number of rotatable bonds is 5. The average molecular weight is 383 g/mol. The minimum atomic E-state index is 0.406. The largest absolute Gasteiger partial charge is 0.306 e. The van der Waals surface area contributed by atoms with Crippen LogP contribution in [0.3, 0.4) is 0 Å². The van der Waals surface area contributed by atoms with Crippen molar-refractivity contribution in [3.05, 3.63) is 68.6 Å². The smallest absolute Gasteiger partial charge is 0.0320 e. The monoisotopic (exact) mass is 381 g/mol. The van der Waals surface area contributed by atoms with Crippen LogP contribution in [0.4, 0.5) is 0 Å². The number of halogens is 2. The third kappa shape index (κ3) is 4.16. The molecule has 1 unspecified atom stereocenters. The van der Waals surface area contributed by atoms with Crippen LogP contribution in [0, 0.1) is 0 Å². The van der Waals surface area contributed by atoms with Gasteiger partial charge in [-0.1, -0.05) is 43.3 Å². The van der Waals surface area contributed by atoms with Crippen molar-refractivity contribution in [3.63, 3.8) is 0 Å². The van der Waals surface area contributed by atoms with Gasteiger partial charge in [0, 0.05) is 21.5 Å². The third-order valence-electron chi connectivity index (χ3n) is 3.15. The maximum absolute atomic E-state index is 3.61. The lowest BCUT2D eigenvalue weighted by Crippen LogP contribution is -2.20. The second kappa shape index (κ2) is 7.22. The molecule has 100 valence electrons. The van der Waals surface area contributed by atoms with Crippen LogP contribution in [-0.4, -0.2) is 0 Å². The number of hydrogen-bond donors (Lipinski definition) is 1. The molecule has 0 saturated heterocycles. The fraction of sp³-hybridized carbons (Fsp3) is 0.250. The molecule has 2 aromatic rings. The molecule has 2 rings (SSSR count). The molecule has 0 fully saturated rings. The quantitative estimate of drug-likeness (QED) is 0.724. The number of hydrogen-bond acceptors (Lipinski definition) is 1. The minimum absolute atomic E-state index is 0.406. The van der Waals surface area contributed by atoms with Crippen LogP contribution >= 0.6 is 31.9 Å². The lowest BCUT2D eigenvalue weighted by Gasteiger charge is -2.17. The third-order valence-corrected chi connectivity index (χ3v) is 5.03. The van der Waals surface area contributed by atoms with Gasteiger partial charge in [0.2, 0.25) is 0 Å². The minimum Gasteiger partial charge on any atom is -0.306 e. The summed E-state index contributed by atoms with van der Waals surface area (Å²) in [5.74, 6) is 0. The van der Waals surface area contributed by atoms with Crippen LogP contribution < -0.4 is 5.32 Å². The highest BCUT2D eigenvalue weighted by Crippen LogP contribution is 2.24. The van der Waals surface area contributed by atoms with Crippen molar-refractivity contribution < 1.29 is 0 Å². The molecule has 0 aromatic heterocycles. The molecule has 1 N–H and O–H groups in total. The Bertz CT molecular complexity index is 526. The molecule has 0 heterocycles. The van der Waals surface area contributed by atoms with Crippen LogP contribution in [0.25, 0.3) is 0 Å². The van der Waals surface area contributed by atoms with Crippen molar-refractivity contribution in [1.29, 1.82) is 0 Å². The van der Waals surface area contributed by atoms with Gasteiger partial charge in [0.05, 0.1) is 0 Å². The molecule has 2 aromatic carbocycles. The predicted octanol–water partition coefficient (Wildman–Crippen LogP) is 5.45. The van der Waals surface area contributed by atoms with Crippen LogP contribution in [0.15, 0.2) is 57.5 Å². The molecule has 0 amide bonds. The summed E-state index contributed by atoms with van der Waals surface area (Å²) < 4.78 is 2.19. The van der Waals surface area contributed by atoms with E-state index in [4.69, 9.17) is 0 Å². The second-order valence-electron chi connectivity index (χ2n) is 4.50. The molecular weight excluding hydrogens is 366 g/mol. The van der Waals surface area contributed by atoms with Gasteiger partial charge in [0.25, 0.3) is 0 Å². The standard InChI is InChI=1S/C16H17Br2N/c1-2-16(13-6-4-3-5-7-13)19-11-12-8-9-14(17)15(18)10-12/h3-10,16,19H,2,11H2,1H3. The van der Waals surface area contributed by atoms with E-state index in [1.165, 1.54) is 11.1 Å². The van der Waals surface area contributed by atoms with E-state index >= 15 is 0 Å². The van der Waals surface area contributed by atoms with Gasteiger partial charge in [-0.25, -0.2) is 0 Å². The molecule has 0 aliphatic rings. The first-order valence-electron chi connectivity index (χ1n) is 6.43. The fourth-order valence-corrected chi connectivity index (χ4v) is 2.75. The lowest BCUT2D eigenvalue weighted by atomic mass is 10.0. The number of benzene rings is 2. The Balaban J connectivity index is 2.02. The van der Waals surface area contributed by atoms with Gasteiger partial charge < -0.3 is 5.32 Å². The Morgan fingerprint density at radius 1 is 1.00 bits per heavy atom. The van der Waals surface area contributed by atoms with Crippen molar-refractivity contribution in [1.82, 2.24) is 5.32 Å². The van der Waals surface area contributed by atoms with E-state index in [2.05, 4.69) is 92.6 Å². The molecule has 1 atom stereocenters. The van der Waals surface area contributed by atoms with Gasteiger partial charge >= 0.3 is 0 Å². The fourth-order valence-electron chi connectivity index (χ4n) is 2.07. The van der Waals surface area contributed by atoms with Crippen LogP contribution in [0.1, 0.15) is 30.5 Å². The van der Waals surface area contributed by atoms with Gasteiger partial charge in [-0.15, -0.1) is 0 Å². The normalized spacial score (nSPS) is 12.4. The zero-order chi connectivity index (χ0) is 13.7. The van der Waals surface area contributed by atoms with Crippen molar-refractivity contribution in [2.75, 3.05) is 0 Å². The molecule has 0 radical (unpaired) electrons. The summed E-state index contributed by atoms with van der Waals surface area (Å²) in [5, 5.41) is 3.61. The molecule has 3 heteroatoms. The molecule has 0 aliphatic heterocycles. The molecule has 1 nitrogen and oxygen atoms in total. The van der Waals surface area contributed by atoms with E-state index in [0.717, 1.165) is 21.9 Å². The van der Waals surface area contributed by atoms with Crippen LogP contribution in [-0.2, 0) is 6.54 Å². The summed E-state index contributed by atoms with van der Waals surface area (Å²) in [7, 11) is 0. The zero-order valence-corrected chi connectivity index (χ0v) is 14.0. The van der Waals surface area contributed by atoms with Gasteiger partial charge in [-0.2, -0.15) is 0 Å². The summed E-state index contributed by atoms with van der Waals surface area (Å²) in [4.78, 5) is 0. The van der Waals surface area contributed by atoms with Crippen molar-refractivity contribution in [2.45, 2.75) is 25.9 Å². The van der Waals surface area contributed by atoms with E-state index in [1.807, 2.05) is 0 Å². The summed E-state index contributed by atoms with van der Waals surface area (Å²) in [6.45, 7) is 3.08. The van der Waals surface area contributed by atoms with Gasteiger partial charge in [-0.05, 0) is 61.5 Å². The molecule has 0 saturated carbocycles. The van der Waals surface area contributed by atoms with Gasteiger partial charge in [0.15, 0.2) is 0 Å². The Kier molecular flexibility index (Phi) is 5.61. The SMILES string of the molecule is CCC(NCc1ccc(Br)c(Br)c1)c1ccccc1. The Morgan fingerprint density at radius 3 is 2.37 bits per heavy atom. The van der Waals surface area contributed by atoms with E-state index in [1.54, 1.807) is 0 Å². The molecule has 0 bridgehead atoms. The van der Waals surface area contributed by atoms with Crippen LogP contribution in [0.5, 0.6) is 0 Å². The Labute approximate surface area is 131 Å². The molecule has 0 aliphatic carbocycles. The first-order chi connectivity index (χ1) is 9.20. The highest BCUT2D eigenvalue weighted by atomic mass is 79.9. The summed E-state index contributed by atoms with van der Waals surface area (Å²) in [6.07, 6.45) is 1.09. The zero-order valence-electron chi connectivity index (χ0n) is 10.9. The topological polar surface area (TPSA) is 12.0 Å². The lowest BCUT2D eigenvalue weighted by molar-refractivity contribution is 0.519. The van der Waals surface area contributed by atoms with Gasteiger partial charge in [0.1, 0.15) is 0 Å². The second-order valence-corrected chi connectivity index (χ2v) is 6.21. The van der Waals surface area contributed by atoms with E-state index in [0.29, 0.717) is 6.04 Å². The molecule has 0 spiro atoms. The Morgan fingerprint density at radius 2 is 1.74 bits per heavy atom.